The molecule has 2 amide bonds. The van der Waals surface area contributed by atoms with Gasteiger partial charge < -0.3 is 5.73 Å². The quantitative estimate of drug-likeness (QED) is 0.631. The molecule has 1 atom stereocenters. The van der Waals surface area contributed by atoms with Crippen molar-refractivity contribution in [3.8, 4) is 0 Å². The zero-order valence-corrected chi connectivity index (χ0v) is 12.0. The summed E-state index contributed by atoms with van der Waals surface area (Å²) in [5.74, 6) is -0.0816. The van der Waals surface area contributed by atoms with Gasteiger partial charge in [0.05, 0.1) is 6.04 Å². The highest BCUT2D eigenvalue weighted by Crippen LogP contribution is 2.41. The number of carbonyl (C=O) groups excluding carboxylic acids is 2. The number of carbonyl (C=O) groups is 2. The Labute approximate surface area is 118 Å². The Hall–Kier alpha value is -1.84. The molecule has 1 unspecified atom stereocenters. The Balaban J connectivity index is 1.92. The van der Waals surface area contributed by atoms with Crippen LogP contribution in [0.3, 0.4) is 0 Å². The first-order valence-corrected chi connectivity index (χ1v) is 7.11. The molecule has 1 heterocycles. The molecule has 0 spiro atoms. The molecule has 1 saturated heterocycles. The monoisotopic (exact) mass is 272 g/mol. The number of rotatable bonds is 1. The Morgan fingerprint density at radius 1 is 1.20 bits per heavy atom. The number of nitrogens with two attached hydrogens (primary N) is 1. The molecule has 1 aliphatic carbocycles. The number of anilines is 1. The summed E-state index contributed by atoms with van der Waals surface area (Å²) in [5.41, 5.74) is 8.57. The second-order valence-corrected chi connectivity index (χ2v) is 6.69. The van der Waals surface area contributed by atoms with Gasteiger partial charge in [-0.1, -0.05) is 19.9 Å². The highest BCUT2D eigenvalue weighted by atomic mass is 16.2. The summed E-state index contributed by atoms with van der Waals surface area (Å²) in [6.07, 6.45) is 2.58. The van der Waals surface area contributed by atoms with Gasteiger partial charge in [0.25, 0.3) is 0 Å². The highest BCUT2D eigenvalue weighted by Gasteiger charge is 2.42. The van der Waals surface area contributed by atoms with Crippen LogP contribution in [0.2, 0.25) is 0 Å². The molecule has 1 fully saturated rings. The third-order valence-corrected chi connectivity index (χ3v) is 4.32. The van der Waals surface area contributed by atoms with Crippen LogP contribution in [0, 0.1) is 5.41 Å². The molecule has 0 saturated carbocycles. The third-order valence-electron chi connectivity index (χ3n) is 4.32. The Bertz CT molecular complexity index is 572. The minimum absolute atomic E-state index is 0.0408. The maximum Gasteiger partial charge on any atom is 0.230 e. The molecule has 1 aliphatic heterocycles. The van der Waals surface area contributed by atoms with Gasteiger partial charge in [0.15, 0.2) is 0 Å². The number of benzene rings is 1. The van der Waals surface area contributed by atoms with Gasteiger partial charge in [0, 0.05) is 18.5 Å². The van der Waals surface area contributed by atoms with E-state index < -0.39 is 0 Å². The molecule has 1 aromatic rings. The van der Waals surface area contributed by atoms with Crippen LogP contribution in [0.4, 0.5) is 5.69 Å². The molecule has 4 nitrogen and oxygen atoms in total. The van der Waals surface area contributed by atoms with E-state index in [0.29, 0.717) is 12.8 Å². The zero-order valence-electron chi connectivity index (χ0n) is 12.0. The van der Waals surface area contributed by atoms with Crippen LogP contribution < -0.4 is 5.73 Å². The first kappa shape index (κ1) is 13.2. The standard InChI is InChI=1S/C16H20N2O2/c1-16(2)8-14(19)18(15(20)9-16)13-6-3-10-7-11(17)4-5-12(10)13/h4-5,7,13H,3,6,8-9,17H2,1-2H3. The zero-order chi connectivity index (χ0) is 14.5. The molecule has 0 aromatic heterocycles. The minimum Gasteiger partial charge on any atom is -0.399 e. The Morgan fingerprint density at radius 2 is 1.85 bits per heavy atom. The summed E-state index contributed by atoms with van der Waals surface area (Å²) < 4.78 is 0. The van der Waals surface area contributed by atoms with E-state index in [1.165, 1.54) is 10.5 Å². The summed E-state index contributed by atoms with van der Waals surface area (Å²) in [5, 5.41) is 0. The van der Waals surface area contributed by atoms with Gasteiger partial charge in [-0.2, -0.15) is 0 Å². The lowest BCUT2D eigenvalue weighted by atomic mass is 9.81. The largest absolute Gasteiger partial charge is 0.399 e. The van der Waals surface area contributed by atoms with Crippen molar-refractivity contribution in [1.29, 1.82) is 0 Å². The summed E-state index contributed by atoms with van der Waals surface area (Å²) in [6, 6.07) is 5.67. The SMILES string of the molecule is CC1(C)CC(=O)N(C2CCc3cc(N)ccc32)C(=O)C1. The van der Waals surface area contributed by atoms with Crippen LogP contribution >= 0.6 is 0 Å². The van der Waals surface area contributed by atoms with Gasteiger partial charge in [-0.05, 0) is 41.5 Å². The Kier molecular flexibility index (Phi) is 2.85. The second-order valence-electron chi connectivity index (χ2n) is 6.69. The van der Waals surface area contributed by atoms with Crippen LogP contribution in [0.15, 0.2) is 18.2 Å². The van der Waals surface area contributed by atoms with Gasteiger partial charge in [-0.25, -0.2) is 0 Å². The summed E-state index contributed by atoms with van der Waals surface area (Å²) in [6.45, 7) is 3.95. The second kappa shape index (κ2) is 4.33. The molecule has 2 N–H and O–H groups in total. The molecule has 20 heavy (non-hydrogen) atoms. The molecule has 0 bridgehead atoms. The van der Waals surface area contributed by atoms with Crippen LogP contribution in [0.5, 0.6) is 0 Å². The lowest BCUT2D eigenvalue weighted by Crippen LogP contribution is -2.47. The van der Waals surface area contributed by atoms with E-state index in [9.17, 15) is 9.59 Å². The van der Waals surface area contributed by atoms with E-state index in [-0.39, 0.29) is 23.3 Å². The van der Waals surface area contributed by atoms with E-state index in [2.05, 4.69) is 0 Å². The number of fused-ring (bicyclic) bond motifs is 1. The van der Waals surface area contributed by atoms with Crippen molar-refractivity contribution in [3.05, 3.63) is 29.3 Å². The maximum atomic E-state index is 12.4. The number of hydrogen-bond donors (Lipinski definition) is 1. The molecule has 4 heteroatoms. The lowest BCUT2D eigenvalue weighted by Gasteiger charge is -2.38. The van der Waals surface area contributed by atoms with E-state index in [1.807, 2.05) is 32.0 Å². The topological polar surface area (TPSA) is 63.4 Å². The summed E-state index contributed by atoms with van der Waals surface area (Å²) in [7, 11) is 0. The summed E-state index contributed by atoms with van der Waals surface area (Å²) in [4.78, 5) is 26.2. The number of amides is 2. The molecule has 1 aromatic carbocycles. The van der Waals surface area contributed by atoms with E-state index in [4.69, 9.17) is 5.73 Å². The third kappa shape index (κ3) is 2.09. The van der Waals surface area contributed by atoms with Crippen molar-refractivity contribution in [3.63, 3.8) is 0 Å². The van der Waals surface area contributed by atoms with Crippen LogP contribution in [0.1, 0.15) is 50.3 Å². The number of piperidine rings is 1. The number of aryl methyl sites for hydroxylation is 1. The fourth-order valence-corrected chi connectivity index (χ4v) is 3.42. The van der Waals surface area contributed by atoms with Crippen molar-refractivity contribution in [1.82, 2.24) is 4.90 Å². The fourth-order valence-electron chi connectivity index (χ4n) is 3.42. The predicted molar refractivity (Wildman–Crippen MR) is 76.8 cm³/mol. The molecule has 106 valence electrons. The van der Waals surface area contributed by atoms with E-state index in [0.717, 1.165) is 24.1 Å². The molecular weight excluding hydrogens is 252 g/mol. The first-order chi connectivity index (χ1) is 9.37. The van der Waals surface area contributed by atoms with Crippen LogP contribution in [-0.2, 0) is 16.0 Å². The molecular formula is C16H20N2O2. The highest BCUT2D eigenvalue weighted by molar-refractivity contribution is 5.99. The van der Waals surface area contributed by atoms with Gasteiger partial charge >= 0.3 is 0 Å². The fraction of sp³-hybridized carbons (Fsp3) is 0.500. The maximum absolute atomic E-state index is 12.4. The van der Waals surface area contributed by atoms with Crippen LogP contribution in [-0.4, -0.2) is 16.7 Å². The van der Waals surface area contributed by atoms with Crippen molar-refractivity contribution in [2.24, 2.45) is 5.41 Å². The number of nitrogen functional groups attached to an aromatic ring is 1. The lowest BCUT2D eigenvalue weighted by molar-refractivity contribution is -0.155. The number of imide groups is 1. The average Bonchev–Trinajstić information content (AvgIpc) is 2.69. The first-order valence-electron chi connectivity index (χ1n) is 7.11. The van der Waals surface area contributed by atoms with Crippen molar-refractivity contribution >= 4 is 17.5 Å². The van der Waals surface area contributed by atoms with Gasteiger partial charge in [0.1, 0.15) is 0 Å². The molecule has 3 rings (SSSR count). The number of likely N-dealkylation sites (tertiary alicyclic amines) is 1. The van der Waals surface area contributed by atoms with Gasteiger partial charge in [0.2, 0.25) is 11.8 Å². The van der Waals surface area contributed by atoms with Gasteiger partial charge in [-0.3, -0.25) is 14.5 Å². The number of nitrogens with zero attached hydrogens (tertiary/aromatic N) is 1. The minimum atomic E-state index is -0.215. The van der Waals surface area contributed by atoms with Crippen molar-refractivity contribution in [2.75, 3.05) is 5.73 Å². The molecule has 2 aliphatic rings. The molecule has 0 radical (unpaired) electrons. The van der Waals surface area contributed by atoms with Gasteiger partial charge in [-0.15, -0.1) is 0 Å². The van der Waals surface area contributed by atoms with E-state index >= 15 is 0 Å². The predicted octanol–water partition coefficient (Wildman–Crippen LogP) is 2.43. The van der Waals surface area contributed by atoms with E-state index in [1.54, 1.807) is 0 Å². The average molecular weight is 272 g/mol. The van der Waals surface area contributed by atoms with Crippen molar-refractivity contribution < 1.29 is 9.59 Å². The Morgan fingerprint density at radius 3 is 2.50 bits per heavy atom. The van der Waals surface area contributed by atoms with Crippen LogP contribution in [0.25, 0.3) is 0 Å². The summed E-state index contributed by atoms with van der Waals surface area (Å²) >= 11 is 0. The number of hydrogen-bond acceptors (Lipinski definition) is 3. The van der Waals surface area contributed by atoms with Crippen molar-refractivity contribution in [2.45, 2.75) is 45.6 Å². The smallest absolute Gasteiger partial charge is 0.230 e. The normalized spacial score (nSPS) is 24.9.